The highest BCUT2D eigenvalue weighted by molar-refractivity contribution is 7.13. The SMILES string of the molecule is COc1ccc(N2CCCN(Cc3csc(-c4ccc(OC)c(OC)c4)n3)CC2)cc1. The smallest absolute Gasteiger partial charge is 0.161 e. The summed E-state index contributed by atoms with van der Waals surface area (Å²) >= 11 is 1.67. The topological polar surface area (TPSA) is 47.1 Å². The van der Waals surface area contributed by atoms with Gasteiger partial charge in [-0.15, -0.1) is 11.3 Å². The lowest BCUT2D eigenvalue weighted by Gasteiger charge is -2.23. The van der Waals surface area contributed by atoms with E-state index < -0.39 is 0 Å². The van der Waals surface area contributed by atoms with E-state index in [1.165, 1.54) is 5.69 Å². The first kappa shape index (κ1) is 21.5. The van der Waals surface area contributed by atoms with Crippen LogP contribution < -0.4 is 19.1 Å². The van der Waals surface area contributed by atoms with E-state index in [4.69, 9.17) is 19.2 Å². The van der Waals surface area contributed by atoms with E-state index >= 15 is 0 Å². The van der Waals surface area contributed by atoms with E-state index in [9.17, 15) is 0 Å². The Morgan fingerprint density at radius 2 is 1.68 bits per heavy atom. The molecule has 1 aliphatic rings. The van der Waals surface area contributed by atoms with Gasteiger partial charge in [0.05, 0.1) is 27.0 Å². The molecular weight excluding hydrogens is 410 g/mol. The van der Waals surface area contributed by atoms with Crippen LogP contribution in [0, 0.1) is 0 Å². The van der Waals surface area contributed by atoms with E-state index in [0.29, 0.717) is 0 Å². The van der Waals surface area contributed by atoms with Crippen molar-refractivity contribution in [2.45, 2.75) is 13.0 Å². The fraction of sp³-hybridized carbons (Fsp3) is 0.375. The lowest BCUT2D eigenvalue weighted by molar-refractivity contribution is 0.282. The van der Waals surface area contributed by atoms with Gasteiger partial charge in [0.25, 0.3) is 0 Å². The molecule has 7 heteroatoms. The van der Waals surface area contributed by atoms with Crippen LogP contribution in [0.2, 0.25) is 0 Å². The molecule has 164 valence electrons. The number of thiazole rings is 1. The number of rotatable bonds is 7. The van der Waals surface area contributed by atoms with Gasteiger partial charge < -0.3 is 19.1 Å². The van der Waals surface area contributed by atoms with Gasteiger partial charge in [-0.1, -0.05) is 0 Å². The van der Waals surface area contributed by atoms with Crippen LogP contribution in [0.3, 0.4) is 0 Å². The van der Waals surface area contributed by atoms with Gasteiger partial charge in [0, 0.05) is 49.4 Å². The normalized spacial score (nSPS) is 14.9. The average Bonchev–Trinajstić information content (AvgIpc) is 3.16. The number of benzene rings is 2. The van der Waals surface area contributed by atoms with Crippen LogP contribution in [0.4, 0.5) is 5.69 Å². The van der Waals surface area contributed by atoms with Crippen LogP contribution in [0.5, 0.6) is 17.2 Å². The molecule has 4 rings (SSSR count). The van der Waals surface area contributed by atoms with E-state index in [-0.39, 0.29) is 0 Å². The molecule has 1 aliphatic heterocycles. The number of nitrogens with zero attached hydrogens (tertiary/aromatic N) is 3. The summed E-state index contributed by atoms with van der Waals surface area (Å²) in [6.07, 6.45) is 1.14. The van der Waals surface area contributed by atoms with Gasteiger partial charge in [-0.2, -0.15) is 0 Å². The average molecular weight is 440 g/mol. The monoisotopic (exact) mass is 439 g/mol. The Balaban J connectivity index is 1.38. The Hall–Kier alpha value is -2.77. The molecular formula is C24H29N3O3S. The maximum atomic E-state index is 5.43. The Kier molecular flexibility index (Phi) is 6.94. The molecule has 0 atom stereocenters. The third-order valence-electron chi connectivity index (χ3n) is 5.59. The molecule has 6 nitrogen and oxygen atoms in total. The predicted molar refractivity (Wildman–Crippen MR) is 126 cm³/mol. The molecule has 0 saturated carbocycles. The fourth-order valence-electron chi connectivity index (χ4n) is 3.89. The first-order chi connectivity index (χ1) is 15.2. The minimum atomic E-state index is 0.725. The van der Waals surface area contributed by atoms with Crippen molar-refractivity contribution in [1.82, 2.24) is 9.88 Å². The largest absolute Gasteiger partial charge is 0.497 e. The molecule has 1 aromatic heterocycles. The van der Waals surface area contributed by atoms with E-state index in [2.05, 4.69) is 27.3 Å². The van der Waals surface area contributed by atoms with Crippen molar-refractivity contribution < 1.29 is 14.2 Å². The first-order valence-electron chi connectivity index (χ1n) is 10.5. The molecule has 0 amide bonds. The highest BCUT2D eigenvalue weighted by Gasteiger charge is 2.17. The van der Waals surface area contributed by atoms with Gasteiger partial charge in [0.15, 0.2) is 11.5 Å². The van der Waals surface area contributed by atoms with Gasteiger partial charge >= 0.3 is 0 Å². The Labute approximate surface area is 188 Å². The molecule has 31 heavy (non-hydrogen) atoms. The molecule has 2 heterocycles. The van der Waals surface area contributed by atoms with E-state index in [0.717, 1.165) is 72.7 Å². The molecule has 1 saturated heterocycles. The summed E-state index contributed by atoms with van der Waals surface area (Å²) in [6.45, 7) is 5.06. The van der Waals surface area contributed by atoms with E-state index in [1.54, 1.807) is 32.7 Å². The van der Waals surface area contributed by atoms with Crippen LogP contribution in [0.15, 0.2) is 47.8 Å². The highest BCUT2D eigenvalue weighted by atomic mass is 32.1. The molecule has 1 fully saturated rings. The van der Waals surface area contributed by atoms with Crippen molar-refractivity contribution in [1.29, 1.82) is 0 Å². The second-order valence-corrected chi connectivity index (χ2v) is 8.39. The molecule has 0 radical (unpaired) electrons. The summed E-state index contributed by atoms with van der Waals surface area (Å²) in [7, 11) is 5.01. The van der Waals surface area contributed by atoms with Crippen LogP contribution in [-0.2, 0) is 6.54 Å². The van der Waals surface area contributed by atoms with Crippen molar-refractivity contribution in [3.63, 3.8) is 0 Å². The molecule has 3 aromatic rings. The summed E-state index contributed by atoms with van der Waals surface area (Å²) in [5.41, 5.74) is 3.43. The quantitative estimate of drug-likeness (QED) is 0.538. The number of aromatic nitrogens is 1. The molecule has 0 aliphatic carbocycles. The van der Waals surface area contributed by atoms with Crippen LogP contribution in [0.25, 0.3) is 10.6 Å². The number of hydrogen-bond acceptors (Lipinski definition) is 7. The zero-order chi connectivity index (χ0) is 21.6. The van der Waals surface area contributed by atoms with Crippen molar-refractivity contribution in [2.24, 2.45) is 0 Å². The summed E-state index contributed by atoms with van der Waals surface area (Å²) in [6, 6.07) is 14.3. The minimum Gasteiger partial charge on any atom is -0.497 e. The highest BCUT2D eigenvalue weighted by Crippen LogP contribution is 2.33. The number of anilines is 1. The van der Waals surface area contributed by atoms with Crippen molar-refractivity contribution in [3.05, 3.63) is 53.5 Å². The van der Waals surface area contributed by atoms with Crippen molar-refractivity contribution in [2.75, 3.05) is 52.4 Å². The molecule has 2 aromatic carbocycles. The Bertz CT molecular complexity index is 990. The van der Waals surface area contributed by atoms with Crippen molar-refractivity contribution in [3.8, 4) is 27.8 Å². The molecule has 0 spiro atoms. The maximum absolute atomic E-state index is 5.43. The minimum absolute atomic E-state index is 0.725. The summed E-state index contributed by atoms with van der Waals surface area (Å²) in [5, 5.41) is 3.17. The molecule has 0 bridgehead atoms. The van der Waals surface area contributed by atoms with Crippen LogP contribution >= 0.6 is 11.3 Å². The Morgan fingerprint density at radius 1 is 0.871 bits per heavy atom. The summed E-state index contributed by atoms with van der Waals surface area (Å²) in [4.78, 5) is 9.84. The zero-order valence-corrected chi connectivity index (χ0v) is 19.2. The van der Waals surface area contributed by atoms with Gasteiger partial charge in [0.1, 0.15) is 10.8 Å². The third-order valence-corrected chi connectivity index (χ3v) is 6.53. The summed E-state index contributed by atoms with van der Waals surface area (Å²) < 4.78 is 16.0. The summed E-state index contributed by atoms with van der Waals surface area (Å²) in [5.74, 6) is 2.35. The lowest BCUT2D eigenvalue weighted by Crippen LogP contribution is -2.30. The number of methoxy groups -OCH3 is 3. The standard InChI is InChI=1S/C24H29N3O3S/c1-28-21-8-6-20(7-9-21)27-12-4-11-26(13-14-27)16-19-17-31-24(25-19)18-5-10-22(29-2)23(15-18)30-3/h5-10,15,17H,4,11-14,16H2,1-3H3. The maximum Gasteiger partial charge on any atom is 0.161 e. The third kappa shape index (κ3) is 5.11. The second kappa shape index (κ2) is 10.0. The van der Waals surface area contributed by atoms with Gasteiger partial charge in [-0.3, -0.25) is 4.90 Å². The fourth-order valence-corrected chi connectivity index (χ4v) is 4.70. The number of hydrogen-bond donors (Lipinski definition) is 0. The van der Waals surface area contributed by atoms with Crippen LogP contribution in [0.1, 0.15) is 12.1 Å². The van der Waals surface area contributed by atoms with Crippen LogP contribution in [-0.4, -0.2) is 57.4 Å². The first-order valence-corrected chi connectivity index (χ1v) is 11.4. The van der Waals surface area contributed by atoms with Crippen molar-refractivity contribution >= 4 is 17.0 Å². The van der Waals surface area contributed by atoms with Gasteiger partial charge in [0.2, 0.25) is 0 Å². The molecule has 0 N–H and O–H groups in total. The second-order valence-electron chi connectivity index (χ2n) is 7.53. The molecule has 0 unspecified atom stereocenters. The lowest BCUT2D eigenvalue weighted by atomic mass is 10.2. The Morgan fingerprint density at radius 3 is 2.42 bits per heavy atom. The predicted octanol–water partition coefficient (Wildman–Crippen LogP) is 4.55. The van der Waals surface area contributed by atoms with Gasteiger partial charge in [-0.05, 0) is 48.9 Å². The zero-order valence-electron chi connectivity index (χ0n) is 18.3. The van der Waals surface area contributed by atoms with E-state index in [1.807, 2.05) is 30.3 Å². The number of ether oxygens (including phenoxy) is 3. The van der Waals surface area contributed by atoms with Gasteiger partial charge in [-0.25, -0.2) is 4.98 Å².